The third-order valence-corrected chi connectivity index (χ3v) is 3.82. The van der Waals surface area contributed by atoms with Crippen LogP contribution in [0.5, 0.6) is 0 Å². The van der Waals surface area contributed by atoms with Crippen LogP contribution in [0.1, 0.15) is 52.8 Å². The molecule has 0 radical (unpaired) electrons. The average Bonchev–Trinajstić information content (AvgIpc) is 2.86. The molecule has 0 saturated carbocycles. The zero-order chi connectivity index (χ0) is 12.7. The van der Waals surface area contributed by atoms with Gasteiger partial charge in [-0.25, -0.2) is 0 Å². The van der Waals surface area contributed by atoms with Crippen molar-refractivity contribution in [1.82, 2.24) is 15.5 Å². The molecule has 1 atom stereocenters. The lowest BCUT2D eigenvalue weighted by Crippen LogP contribution is -2.35. The average molecular weight is 237 g/mol. The summed E-state index contributed by atoms with van der Waals surface area (Å²) in [6.45, 7) is 12.8. The molecule has 2 heterocycles. The highest BCUT2D eigenvalue weighted by Crippen LogP contribution is 2.37. The van der Waals surface area contributed by atoms with E-state index in [1.807, 2.05) is 0 Å². The Morgan fingerprint density at radius 3 is 2.47 bits per heavy atom. The Labute approximate surface area is 103 Å². The van der Waals surface area contributed by atoms with Gasteiger partial charge in [-0.15, -0.1) is 0 Å². The van der Waals surface area contributed by atoms with Gasteiger partial charge in [-0.05, 0) is 18.9 Å². The van der Waals surface area contributed by atoms with Gasteiger partial charge in [-0.2, -0.15) is 4.98 Å². The van der Waals surface area contributed by atoms with Crippen molar-refractivity contribution < 1.29 is 4.52 Å². The molecule has 96 valence electrons. The second kappa shape index (κ2) is 4.09. The van der Waals surface area contributed by atoms with Crippen molar-refractivity contribution in [2.24, 2.45) is 5.92 Å². The summed E-state index contributed by atoms with van der Waals surface area (Å²) in [5.41, 5.74) is -0.0253. The largest absolute Gasteiger partial charge is 0.339 e. The zero-order valence-corrected chi connectivity index (χ0v) is 11.5. The van der Waals surface area contributed by atoms with E-state index in [0.29, 0.717) is 5.92 Å². The maximum absolute atomic E-state index is 5.54. The van der Waals surface area contributed by atoms with Gasteiger partial charge < -0.3 is 9.84 Å². The Kier molecular flexibility index (Phi) is 3.02. The molecule has 1 unspecified atom stereocenters. The Bertz CT molecular complexity index is 384. The van der Waals surface area contributed by atoms with Crippen LogP contribution in [-0.2, 0) is 10.8 Å². The van der Waals surface area contributed by atoms with Crippen LogP contribution in [0.15, 0.2) is 4.52 Å². The Hall–Kier alpha value is -0.900. The summed E-state index contributed by atoms with van der Waals surface area (Å²) in [5.74, 6) is 2.12. The van der Waals surface area contributed by atoms with Crippen molar-refractivity contribution in [2.45, 2.75) is 51.9 Å². The van der Waals surface area contributed by atoms with Gasteiger partial charge in [0.05, 0.1) is 5.41 Å². The molecule has 1 saturated heterocycles. The highest BCUT2D eigenvalue weighted by molar-refractivity contribution is 5.13. The fourth-order valence-electron chi connectivity index (χ4n) is 2.36. The monoisotopic (exact) mass is 237 g/mol. The van der Waals surface area contributed by atoms with Gasteiger partial charge in [-0.1, -0.05) is 39.8 Å². The maximum Gasteiger partial charge on any atom is 0.234 e. The molecule has 0 spiro atoms. The normalized spacial score (nSPS) is 25.8. The molecule has 4 heteroatoms. The molecule has 1 aliphatic heterocycles. The fraction of sp³-hybridized carbons (Fsp3) is 0.846. The second-order valence-corrected chi connectivity index (χ2v) is 6.41. The lowest BCUT2D eigenvalue weighted by atomic mass is 9.76. The predicted octanol–water partition coefficient (Wildman–Crippen LogP) is 2.25. The summed E-state index contributed by atoms with van der Waals surface area (Å²) in [7, 11) is 0. The summed E-state index contributed by atoms with van der Waals surface area (Å²) in [4.78, 5) is 4.64. The minimum Gasteiger partial charge on any atom is -0.339 e. The smallest absolute Gasteiger partial charge is 0.234 e. The third kappa shape index (κ3) is 2.10. The van der Waals surface area contributed by atoms with Crippen molar-refractivity contribution >= 4 is 0 Å². The van der Waals surface area contributed by atoms with Crippen LogP contribution in [0.4, 0.5) is 0 Å². The van der Waals surface area contributed by atoms with Gasteiger partial charge in [0.15, 0.2) is 5.82 Å². The van der Waals surface area contributed by atoms with E-state index >= 15 is 0 Å². The topological polar surface area (TPSA) is 51.0 Å². The van der Waals surface area contributed by atoms with Crippen LogP contribution in [0.2, 0.25) is 0 Å². The minimum absolute atomic E-state index is 0.0243. The summed E-state index contributed by atoms with van der Waals surface area (Å²) in [6.07, 6.45) is 1.08. The van der Waals surface area contributed by atoms with E-state index in [2.05, 4.69) is 50.1 Å². The summed E-state index contributed by atoms with van der Waals surface area (Å²) in [6, 6.07) is 0. The highest BCUT2D eigenvalue weighted by atomic mass is 16.5. The molecular weight excluding hydrogens is 214 g/mol. The quantitative estimate of drug-likeness (QED) is 0.857. The fourth-order valence-corrected chi connectivity index (χ4v) is 2.36. The molecular formula is C13H23N3O. The molecule has 1 N–H and O–H groups in total. The van der Waals surface area contributed by atoms with Gasteiger partial charge in [0, 0.05) is 12.0 Å². The molecule has 4 nitrogen and oxygen atoms in total. The predicted molar refractivity (Wildman–Crippen MR) is 67.0 cm³/mol. The van der Waals surface area contributed by atoms with E-state index < -0.39 is 0 Å². The van der Waals surface area contributed by atoms with Gasteiger partial charge in [0.1, 0.15) is 0 Å². The number of nitrogens with one attached hydrogen (secondary N) is 1. The number of hydrogen-bond donors (Lipinski definition) is 1. The van der Waals surface area contributed by atoms with Crippen LogP contribution in [0, 0.1) is 5.92 Å². The summed E-state index contributed by atoms with van der Waals surface area (Å²) < 4.78 is 5.54. The lowest BCUT2D eigenvalue weighted by Gasteiger charge is -2.28. The molecule has 17 heavy (non-hydrogen) atoms. The molecule has 1 aromatic heterocycles. The van der Waals surface area contributed by atoms with E-state index in [1.165, 1.54) is 0 Å². The van der Waals surface area contributed by atoms with Crippen LogP contribution < -0.4 is 5.32 Å². The van der Waals surface area contributed by atoms with Gasteiger partial charge in [0.25, 0.3) is 0 Å². The summed E-state index contributed by atoms with van der Waals surface area (Å²) >= 11 is 0. The first-order valence-electron chi connectivity index (χ1n) is 6.42. The van der Waals surface area contributed by atoms with Gasteiger partial charge in [-0.3, -0.25) is 0 Å². The van der Waals surface area contributed by atoms with Crippen molar-refractivity contribution in [3.63, 3.8) is 0 Å². The first-order valence-corrected chi connectivity index (χ1v) is 6.42. The SMILES string of the molecule is CC(C)C1(c2nc(C(C)(C)C)no2)CCNC1. The molecule has 0 amide bonds. The third-order valence-electron chi connectivity index (χ3n) is 3.82. The van der Waals surface area contributed by atoms with Crippen LogP contribution in [0.25, 0.3) is 0 Å². The van der Waals surface area contributed by atoms with E-state index in [0.717, 1.165) is 31.2 Å². The van der Waals surface area contributed by atoms with E-state index in [-0.39, 0.29) is 10.8 Å². The van der Waals surface area contributed by atoms with Gasteiger partial charge in [0.2, 0.25) is 5.89 Å². The number of hydrogen-bond acceptors (Lipinski definition) is 4. The van der Waals surface area contributed by atoms with Crippen LogP contribution in [0.3, 0.4) is 0 Å². The summed E-state index contributed by atoms with van der Waals surface area (Å²) in [5, 5.41) is 7.56. The van der Waals surface area contributed by atoms with Crippen molar-refractivity contribution in [1.29, 1.82) is 0 Å². The standard InChI is InChI=1S/C13H23N3O/c1-9(2)13(6-7-14-8-13)11-15-10(16-17-11)12(3,4)5/h9,14H,6-8H2,1-5H3. The van der Waals surface area contributed by atoms with Crippen LogP contribution in [-0.4, -0.2) is 23.2 Å². The van der Waals surface area contributed by atoms with Gasteiger partial charge >= 0.3 is 0 Å². The molecule has 1 fully saturated rings. The highest BCUT2D eigenvalue weighted by Gasteiger charge is 2.44. The molecule has 0 aliphatic carbocycles. The maximum atomic E-state index is 5.54. The Morgan fingerprint density at radius 2 is 2.06 bits per heavy atom. The van der Waals surface area contributed by atoms with E-state index in [1.54, 1.807) is 0 Å². The van der Waals surface area contributed by atoms with Crippen molar-refractivity contribution in [2.75, 3.05) is 13.1 Å². The zero-order valence-electron chi connectivity index (χ0n) is 11.5. The van der Waals surface area contributed by atoms with E-state index in [9.17, 15) is 0 Å². The minimum atomic E-state index is -0.0497. The first-order chi connectivity index (χ1) is 7.86. The van der Waals surface area contributed by atoms with Crippen LogP contribution >= 0.6 is 0 Å². The molecule has 0 aromatic carbocycles. The lowest BCUT2D eigenvalue weighted by molar-refractivity contribution is 0.233. The number of aromatic nitrogens is 2. The van der Waals surface area contributed by atoms with Crippen molar-refractivity contribution in [3.05, 3.63) is 11.7 Å². The molecule has 0 bridgehead atoms. The van der Waals surface area contributed by atoms with Crippen molar-refractivity contribution in [3.8, 4) is 0 Å². The number of nitrogens with zero attached hydrogens (tertiary/aromatic N) is 2. The second-order valence-electron chi connectivity index (χ2n) is 6.41. The Balaban J connectivity index is 2.35. The number of rotatable bonds is 2. The first kappa shape index (κ1) is 12.6. The molecule has 1 aromatic rings. The van der Waals surface area contributed by atoms with E-state index in [4.69, 9.17) is 4.52 Å². The molecule has 2 rings (SSSR count). The molecule has 1 aliphatic rings. The Morgan fingerprint density at radius 1 is 1.35 bits per heavy atom.